The summed E-state index contributed by atoms with van der Waals surface area (Å²) >= 11 is 0. The number of carbonyl (C=O) groups is 2. The Kier molecular flexibility index (Phi) is 8.53. The highest BCUT2D eigenvalue weighted by atomic mass is 32.2. The van der Waals surface area contributed by atoms with Crippen molar-refractivity contribution in [1.82, 2.24) is 14.9 Å². The van der Waals surface area contributed by atoms with Gasteiger partial charge in [0.1, 0.15) is 12.1 Å². The number of carbonyl (C=O) groups excluding carboxylic acids is 2. The molecule has 9 nitrogen and oxygen atoms in total. The molecule has 0 aliphatic carbocycles. The van der Waals surface area contributed by atoms with Gasteiger partial charge in [-0.05, 0) is 41.7 Å². The first-order valence-corrected chi connectivity index (χ1v) is 13.8. The molecule has 2 atom stereocenters. The highest BCUT2D eigenvalue weighted by Gasteiger charge is 2.41. The molecule has 1 aliphatic rings. The SMILES string of the molecule is N#Cc1ccc(CNC(=O)[C@@H]2CCCN2C(=O)[C@H](NS(N)(=O)=O)C(c2ccccc2)c2ccccc2)cc1. The highest BCUT2D eigenvalue weighted by molar-refractivity contribution is 7.87. The first-order chi connectivity index (χ1) is 18.3. The Morgan fingerprint density at radius 3 is 2.08 bits per heavy atom. The lowest BCUT2D eigenvalue weighted by Crippen LogP contribution is -2.56. The molecular formula is C28H29N5O4S. The second kappa shape index (κ2) is 12.0. The molecule has 3 aromatic carbocycles. The zero-order valence-electron chi connectivity index (χ0n) is 20.7. The molecule has 4 rings (SSSR count). The van der Waals surface area contributed by atoms with E-state index < -0.39 is 34.1 Å². The molecule has 1 saturated heterocycles. The number of rotatable bonds is 9. The van der Waals surface area contributed by atoms with Crippen LogP contribution in [0.3, 0.4) is 0 Å². The van der Waals surface area contributed by atoms with Gasteiger partial charge < -0.3 is 10.2 Å². The van der Waals surface area contributed by atoms with Crippen molar-refractivity contribution >= 4 is 22.0 Å². The molecular weight excluding hydrogens is 502 g/mol. The van der Waals surface area contributed by atoms with Crippen molar-refractivity contribution in [2.45, 2.75) is 37.4 Å². The molecule has 0 aromatic heterocycles. The summed E-state index contributed by atoms with van der Waals surface area (Å²) in [6.45, 7) is 0.547. The minimum absolute atomic E-state index is 0.235. The molecule has 0 radical (unpaired) electrons. The van der Waals surface area contributed by atoms with Crippen LogP contribution in [0.4, 0.5) is 0 Å². The van der Waals surface area contributed by atoms with Gasteiger partial charge >= 0.3 is 0 Å². The second-order valence-corrected chi connectivity index (χ2v) is 10.5. The predicted molar refractivity (Wildman–Crippen MR) is 142 cm³/mol. The van der Waals surface area contributed by atoms with Gasteiger partial charge in [-0.15, -0.1) is 0 Å². The third-order valence-corrected chi connectivity index (χ3v) is 7.18. The van der Waals surface area contributed by atoms with Gasteiger partial charge in [0, 0.05) is 19.0 Å². The van der Waals surface area contributed by atoms with Gasteiger partial charge in [-0.25, -0.2) is 5.14 Å². The van der Waals surface area contributed by atoms with Crippen molar-refractivity contribution in [1.29, 1.82) is 5.26 Å². The molecule has 0 saturated carbocycles. The average Bonchev–Trinajstić information content (AvgIpc) is 3.42. The number of likely N-dealkylation sites (tertiary alicyclic amines) is 1. The summed E-state index contributed by atoms with van der Waals surface area (Å²) in [6.07, 6.45) is 1.05. The van der Waals surface area contributed by atoms with Crippen LogP contribution in [0.5, 0.6) is 0 Å². The molecule has 0 bridgehead atoms. The molecule has 1 heterocycles. The van der Waals surface area contributed by atoms with Crippen LogP contribution in [-0.2, 0) is 26.3 Å². The first kappa shape index (κ1) is 27.0. The Morgan fingerprint density at radius 2 is 1.55 bits per heavy atom. The summed E-state index contributed by atoms with van der Waals surface area (Å²) in [4.78, 5) is 28.6. The van der Waals surface area contributed by atoms with Crippen molar-refractivity contribution in [3.05, 3.63) is 107 Å². The van der Waals surface area contributed by atoms with Gasteiger partial charge in [0.2, 0.25) is 11.8 Å². The van der Waals surface area contributed by atoms with Gasteiger partial charge in [0.05, 0.1) is 11.6 Å². The lowest BCUT2D eigenvalue weighted by Gasteiger charge is -2.33. The maximum absolute atomic E-state index is 14.0. The topological polar surface area (TPSA) is 145 Å². The Morgan fingerprint density at radius 1 is 0.974 bits per heavy atom. The van der Waals surface area contributed by atoms with E-state index in [1.165, 1.54) is 4.90 Å². The van der Waals surface area contributed by atoms with Gasteiger partial charge in [0.25, 0.3) is 10.2 Å². The molecule has 0 unspecified atom stereocenters. The molecule has 4 N–H and O–H groups in total. The van der Waals surface area contributed by atoms with Crippen molar-refractivity contribution < 1.29 is 18.0 Å². The van der Waals surface area contributed by atoms with Crippen LogP contribution in [0, 0.1) is 11.3 Å². The van der Waals surface area contributed by atoms with Gasteiger partial charge in [-0.1, -0.05) is 72.8 Å². The molecule has 38 heavy (non-hydrogen) atoms. The summed E-state index contributed by atoms with van der Waals surface area (Å²) in [5.74, 6) is -1.52. The zero-order chi connectivity index (χ0) is 27.1. The Bertz CT molecular complexity index is 1370. The third kappa shape index (κ3) is 6.63. The van der Waals surface area contributed by atoms with E-state index in [0.717, 1.165) is 16.7 Å². The minimum atomic E-state index is -4.27. The molecule has 196 valence electrons. The number of nitriles is 1. The normalized spacial score (nSPS) is 16.1. The quantitative estimate of drug-likeness (QED) is 0.387. The Hall–Kier alpha value is -4.04. The van der Waals surface area contributed by atoms with E-state index in [1.54, 1.807) is 24.3 Å². The highest BCUT2D eigenvalue weighted by Crippen LogP contribution is 2.31. The van der Waals surface area contributed by atoms with E-state index in [2.05, 4.69) is 16.1 Å². The smallest absolute Gasteiger partial charge is 0.275 e. The molecule has 1 fully saturated rings. The maximum atomic E-state index is 14.0. The fourth-order valence-electron chi connectivity index (χ4n) is 4.82. The van der Waals surface area contributed by atoms with Crippen molar-refractivity contribution in [3.63, 3.8) is 0 Å². The maximum Gasteiger partial charge on any atom is 0.275 e. The number of amides is 2. The van der Waals surface area contributed by atoms with E-state index in [1.807, 2.05) is 60.7 Å². The van der Waals surface area contributed by atoms with Crippen molar-refractivity contribution in [2.24, 2.45) is 5.14 Å². The van der Waals surface area contributed by atoms with Gasteiger partial charge in [-0.2, -0.15) is 18.4 Å². The summed E-state index contributed by atoms with van der Waals surface area (Å²) in [7, 11) is -4.27. The van der Waals surface area contributed by atoms with Crippen molar-refractivity contribution in [2.75, 3.05) is 6.54 Å². The molecule has 10 heteroatoms. The van der Waals surface area contributed by atoms with E-state index in [0.29, 0.717) is 24.9 Å². The van der Waals surface area contributed by atoms with E-state index in [-0.39, 0.29) is 12.5 Å². The van der Waals surface area contributed by atoms with Crippen LogP contribution in [0.25, 0.3) is 0 Å². The minimum Gasteiger partial charge on any atom is -0.350 e. The zero-order valence-corrected chi connectivity index (χ0v) is 21.5. The van der Waals surface area contributed by atoms with Crippen LogP contribution < -0.4 is 15.2 Å². The number of nitrogens with zero attached hydrogens (tertiary/aromatic N) is 2. The predicted octanol–water partition coefficient (Wildman–Crippen LogP) is 2.16. The third-order valence-electron chi connectivity index (χ3n) is 6.60. The Balaban J connectivity index is 1.61. The monoisotopic (exact) mass is 531 g/mol. The van der Waals surface area contributed by atoms with Crippen LogP contribution in [-0.4, -0.2) is 43.8 Å². The van der Waals surface area contributed by atoms with Crippen LogP contribution in [0.15, 0.2) is 84.9 Å². The largest absolute Gasteiger partial charge is 0.350 e. The van der Waals surface area contributed by atoms with Crippen LogP contribution >= 0.6 is 0 Å². The second-order valence-electron chi connectivity index (χ2n) is 9.16. The average molecular weight is 532 g/mol. The fourth-order valence-corrected chi connectivity index (χ4v) is 5.41. The van der Waals surface area contributed by atoms with Gasteiger partial charge in [-0.3, -0.25) is 9.59 Å². The Labute approximate surface area is 222 Å². The summed E-state index contributed by atoms with van der Waals surface area (Å²) in [6, 6.07) is 25.2. The summed E-state index contributed by atoms with van der Waals surface area (Å²) in [5, 5.41) is 17.2. The number of hydrogen-bond donors (Lipinski definition) is 3. The first-order valence-electron chi connectivity index (χ1n) is 12.2. The van der Waals surface area contributed by atoms with Gasteiger partial charge in [0.15, 0.2) is 0 Å². The summed E-state index contributed by atoms with van der Waals surface area (Å²) in [5.41, 5.74) is 2.80. The summed E-state index contributed by atoms with van der Waals surface area (Å²) < 4.78 is 26.8. The lowest BCUT2D eigenvalue weighted by atomic mass is 9.84. The molecule has 1 aliphatic heterocycles. The number of nitrogens with one attached hydrogen (secondary N) is 2. The fraction of sp³-hybridized carbons (Fsp3) is 0.250. The molecule has 0 spiro atoms. The number of hydrogen-bond acceptors (Lipinski definition) is 5. The van der Waals surface area contributed by atoms with E-state index in [9.17, 15) is 18.0 Å². The number of nitrogens with two attached hydrogens (primary N) is 1. The molecule has 3 aromatic rings. The van der Waals surface area contributed by atoms with Crippen LogP contribution in [0.1, 0.15) is 41.0 Å². The van der Waals surface area contributed by atoms with Crippen LogP contribution in [0.2, 0.25) is 0 Å². The lowest BCUT2D eigenvalue weighted by molar-refractivity contribution is -0.140. The molecule has 2 amide bonds. The van der Waals surface area contributed by atoms with E-state index in [4.69, 9.17) is 10.4 Å². The van der Waals surface area contributed by atoms with E-state index >= 15 is 0 Å². The number of benzene rings is 3. The van der Waals surface area contributed by atoms with Crippen molar-refractivity contribution in [3.8, 4) is 6.07 Å². The standard InChI is InChI=1S/C28H29N5O4S/c29-18-20-13-15-21(16-14-20)19-31-27(34)24-12-7-17-33(24)28(35)26(32-38(30,36)37)25(22-8-3-1-4-9-22)23-10-5-2-6-11-23/h1-6,8-11,13-16,24-26,32H,7,12,17,19H2,(H,31,34)(H2,30,36,37)/t24-,26+/m0/s1.